The summed E-state index contributed by atoms with van der Waals surface area (Å²) in [6, 6.07) is 5.19. The van der Waals surface area contributed by atoms with Crippen LogP contribution in [0.25, 0.3) is 11.0 Å². The van der Waals surface area contributed by atoms with Crippen LogP contribution in [-0.4, -0.2) is 29.7 Å². The van der Waals surface area contributed by atoms with Gasteiger partial charge in [-0.3, -0.25) is 0 Å². The third-order valence-corrected chi connectivity index (χ3v) is 3.70. The summed E-state index contributed by atoms with van der Waals surface area (Å²) < 4.78 is 12.5. The Morgan fingerprint density at radius 2 is 2.10 bits per heavy atom. The number of hydrogen-bond acceptors (Lipinski definition) is 4. The lowest BCUT2D eigenvalue weighted by Crippen LogP contribution is -2.22. The topological polar surface area (TPSA) is 56.2 Å². The van der Waals surface area contributed by atoms with Crippen LogP contribution in [0.3, 0.4) is 0 Å². The molecule has 0 amide bonds. The van der Waals surface area contributed by atoms with E-state index < -0.39 is 6.04 Å². The molecule has 5 nitrogen and oxygen atoms in total. The Labute approximate surface area is 128 Å². The minimum Gasteiger partial charge on any atom is -0.497 e. The van der Waals surface area contributed by atoms with Gasteiger partial charge in [-0.05, 0) is 36.7 Å². The van der Waals surface area contributed by atoms with Crippen molar-refractivity contribution in [2.75, 3.05) is 14.2 Å². The van der Waals surface area contributed by atoms with Crippen LogP contribution < -0.4 is 4.74 Å². The van der Waals surface area contributed by atoms with E-state index in [-0.39, 0.29) is 5.97 Å². The van der Waals surface area contributed by atoms with Crippen LogP contribution in [0.1, 0.15) is 26.3 Å². The molecule has 0 aliphatic heterocycles. The summed E-state index contributed by atoms with van der Waals surface area (Å²) in [7, 11) is 3.01. The van der Waals surface area contributed by atoms with Crippen molar-refractivity contribution in [3.8, 4) is 5.75 Å². The number of methoxy groups -OCH3 is 2. The second-order valence-corrected chi connectivity index (χ2v) is 5.74. The largest absolute Gasteiger partial charge is 0.497 e. The number of benzene rings is 1. The summed E-state index contributed by atoms with van der Waals surface area (Å²) in [5.41, 5.74) is 1.72. The van der Waals surface area contributed by atoms with Gasteiger partial charge in [-0.2, -0.15) is 0 Å². The van der Waals surface area contributed by atoms with E-state index in [9.17, 15) is 4.79 Å². The zero-order valence-electron chi connectivity index (χ0n) is 12.7. The van der Waals surface area contributed by atoms with Gasteiger partial charge in [-0.25, -0.2) is 4.79 Å². The van der Waals surface area contributed by atoms with Crippen LogP contribution in [0.5, 0.6) is 5.75 Å². The molecule has 6 heteroatoms. The predicted molar refractivity (Wildman–Crippen MR) is 84.2 cm³/mol. The third-order valence-electron chi connectivity index (χ3n) is 3.40. The highest BCUT2D eigenvalue weighted by Crippen LogP contribution is 2.27. The molecule has 1 atom stereocenters. The Morgan fingerprint density at radius 1 is 1.38 bits per heavy atom. The number of nitrogens with zero attached hydrogens (tertiary/aromatic N) is 1. The second kappa shape index (κ2) is 6.30. The molecule has 0 bridgehead atoms. The van der Waals surface area contributed by atoms with Gasteiger partial charge in [0.25, 0.3) is 0 Å². The minimum absolute atomic E-state index is 0.281. The lowest BCUT2D eigenvalue weighted by Gasteiger charge is -2.19. The number of carbonyl (C=O) groups is 1. The van der Waals surface area contributed by atoms with Gasteiger partial charge >= 0.3 is 5.97 Å². The number of aromatic amines is 1. The first-order chi connectivity index (χ1) is 9.97. The summed E-state index contributed by atoms with van der Waals surface area (Å²) in [6.07, 6.45) is 0.667. The minimum atomic E-state index is -0.426. The summed E-state index contributed by atoms with van der Waals surface area (Å²) in [5.74, 6) is 0.806. The van der Waals surface area contributed by atoms with Crippen molar-refractivity contribution in [3.05, 3.63) is 23.0 Å². The summed E-state index contributed by atoms with van der Waals surface area (Å²) in [4.78, 5) is 15.3. The van der Waals surface area contributed by atoms with Crippen molar-refractivity contribution in [2.45, 2.75) is 26.3 Å². The predicted octanol–water partition coefficient (Wildman–Crippen LogP) is 3.47. The Balaban J connectivity index is 2.59. The number of nitrogens with one attached hydrogen (secondary N) is 1. The van der Waals surface area contributed by atoms with Crippen molar-refractivity contribution in [3.63, 3.8) is 0 Å². The number of carbonyl (C=O) groups excluding carboxylic acids is 1. The first-order valence-electron chi connectivity index (χ1n) is 6.84. The molecule has 0 spiro atoms. The molecule has 114 valence electrons. The van der Waals surface area contributed by atoms with Gasteiger partial charge in [0, 0.05) is 6.07 Å². The average Bonchev–Trinajstić information content (AvgIpc) is 2.78. The number of esters is 1. The van der Waals surface area contributed by atoms with Gasteiger partial charge < -0.3 is 19.0 Å². The van der Waals surface area contributed by atoms with Crippen molar-refractivity contribution in [1.29, 1.82) is 0 Å². The molecular weight excluding hydrogens is 288 g/mol. The lowest BCUT2D eigenvalue weighted by molar-refractivity contribution is -0.145. The molecule has 0 saturated heterocycles. The fraction of sp³-hybridized carbons (Fsp3) is 0.467. The summed E-state index contributed by atoms with van der Waals surface area (Å²) in [6.45, 7) is 4.13. The van der Waals surface area contributed by atoms with Gasteiger partial charge in [0.1, 0.15) is 11.8 Å². The SMILES string of the molecule is COC(=O)C(CC(C)C)n1c(=S)[nH]c2cc(OC)ccc21. The molecule has 0 saturated carbocycles. The number of ether oxygens (including phenoxy) is 2. The van der Waals surface area contributed by atoms with Gasteiger partial charge in [0.05, 0.1) is 25.3 Å². The lowest BCUT2D eigenvalue weighted by atomic mass is 10.0. The molecule has 1 unspecified atom stereocenters. The molecule has 0 aliphatic rings. The van der Waals surface area contributed by atoms with Crippen LogP contribution in [-0.2, 0) is 9.53 Å². The van der Waals surface area contributed by atoms with E-state index in [0.717, 1.165) is 16.8 Å². The third kappa shape index (κ3) is 3.10. The van der Waals surface area contributed by atoms with E-state index in [1.807, 2.05) is 22.8 Å². The smallest absolute Gasteiger partial charge is 0.328 e. The number of aromatic nitrogens is 2. The van der Waals surface area contributed by atoms with E-state index >= 15 is 0 Å². The maximum atomic E-state index is 12.1. The molecule has 1 N–H and O–H groups in total. The molecule has 21 heavy (non-hydrogen) atoms. The number of rotatable bonds is 5. The number of H-pyrrole nitrogens is 1. The fourth-order valence-corrected chi connectivity index (χ4v) is 2.77. The highest BCUT2D eigenvalue weighted by molar-refractivity contribution is 7.71. The quantitative estimate of drug-likeness (QED) is 0.679. The summed E-state index contributed by atoms with van der Waals surface area (Å²) in [5, 5.41) is 0. The van der Waals surface area contributed by atoms with Crippen LogP contribution in [0.2, 0.25) is 0 Å². The number of hydrogen-bond donors (Lipinski definition) is 1. The number of fused-ring (bicyclic) bond motifs is 1. The first-order valence-corrected chi connectivity index (χ1v) is 7.24. The fourth-order valence-electron chi connectivity index (χ4n) is 2.44. The second-order valence-electron chi connectivity index (χ2n) is 5.35. The van der Waals surface area contributed by atoms with Crippen molar-refractivity contribution in [2.24, 2.45) is 5.92 Å². The van der Waals surface area contributed by atoms with E-state index in [2.05, 4.69) is 18.8 Å². The van der Waals surface area contributed by atoms with Crippen molar-refractivity contribution >= 4 is 29.2 Å². The van der Waals surface area contributed by atoms with Gasteiger partial charge in [-0.15, -0.1) is 0 Å². The molecule has 1 aromatic carbocycles. The molecule has 1 aromatic heterocycles. The van der Waals surface area contributed by atoms with Gasteiger partial charge in [-0.1, -0.05) is 13.8 Å². The highest BCUT2D eigenvalue weighted by atomic mass is 32.1. The Morgan fingerprint density at radius 3 is 2.67 bits per heavy atom. The Hall–Kier alpha value is -1.82. The zero-order valence-corrected chi connectivity index (χ0v) is 13.5. The standard InChI is InChI=1S/C15H20N2O3S/c1-9(2)7-13(14(18)20-4)17-12-6-5-10(19-3)8-11(12)16-15(17)21/h5-6,8-9,13H,7H2,1-4H3,(H,16,21). The molecule has 2 rings (SSSR count). The molecule has 0 fully saturated rings. The van der Waals surface area contributed by atoms with Crippen molar-refractivity contribution in [1.82, 2.24) is 9.55 Å². The summed E-state index contributed by atoms with van der Waals surface area (Å²) >= 11 is 5.39. The first kappa shape index (κ1) is 15.6. The normalized spacial score (nSPS) is 12.6. The van der Waals surface area contributed by atoms with Crippen molar-refractivity contribution < 1.29 is 14.3 Å². The van der Waals surface area contributed by atoms with E-state index in [1.165, 1.54) is 7.11 Å². The maximum Gasteiger partial charge on any atom is 0.328 e. The van der Waals surface area contributed by atoms with E-state index in [0.29, 0.717) is 17.1 Å². The Bertz CT molecular complexity index is 702. The van der Waals surface area contributed by atoms with E-state index in [4.69, 9.17) is 21.7 Å². The molecule has 2 aromatic rings. The molecule has 0 aliphatic carbocycles. The zero-order chi connectivity index (χ0) is 15.6. The molecule has 1 heterocycles. The van der Waals surface area contributed by atoms with Crippen LogP contribution in [0.4, 0.5) is 0 Å². The maximum absolute atomic E-state index is 12.1. The van der Waals surface area contributed by atoms with Crippen LogP contribution in [0, 0.1) is 10.7 Å². The van der Waals surface area contributed by atoms with Crippen LogP contribution in [0.15, 0.2) is 18.2 Å². The van der Waals surface area contributed by atoms with Gasteiger partial charge in [0.15, 0.2) is 4.77 Å². The van der Waals surface area contributed by atoms with E-state index in [1.54, 1.807) is 7.11 Å². The van der Waals surface area contributed by atoms with Crippen LogP contribution >= 0.6 is 12.2 Å². The molecular formula is C15H20N2O3S. The monoisotopic (exact) mass is 308 g/mol. The highest BCUT2D eigenvalue weighted by Gasteiger charge is 2.25. The number of imidazole rings is 1. The molecule has 0 radical (unpaired) electrons. The Kier molecular flexibility index (Phi) is 4.67. The average molecular weight is 308 g/mol. The van der Waals surface area contributed by atoms with Gasteiger partial charge in [0.2, 0.25) is 0 Å².